The van der Waals surface area contributed by atoms with Crippen LogP contribution >= 0.6 is 0 Å². The van der Waals surface area contributed by atoms with Crippen LogP contribution in [0.2, 0.25) is 0 Å². The van der Waals surface area contributed by atoms with E-state index in [1.165, 1.54) is 0 Å². The van der Waals surface area contributed by atoms with Crippen LogP contribution in [0.5, 0.6) is 5.75 Å². The Bertz CT molecular complexity index is 701. The van der Waals surface area contributed by atoms with Gasteiger partial charge >= 0.3 is 0 Å². The van der Waals surface area contributed by atoms with Crippen LogP contribution in [0.1, 0.15) is 11.5 Å². The summed E-state index contributed by atoms with van der Waals surface area (Å²) in [6.07, 6.45) is 0. The van der Waals surface area contributed by atoms with Crippen molar-refractivity contribution in [1.29, 1.82) is 0 Å². The van der Waals surface area contributed by atoms with E-state index in [0.29, 0.717) is 18.1 Å². The molecule has 3 rings (SSSR count). The first kappa shape index (κ1) is 13.5. The Morgan fingerprint density at radius 3 is 2.29 bits per heavy atom. The second kappa shape index (κ2) is 6.29. The lowest BCUT2D eigenvalue weighted by Crippen LogP contribution is -1.95. The fourth-order valence-electron chi connectivity index (χ4n) is 2.18. The smallest absolute Gasteiger partial charge is 0.146 e. The Hall–Kier alpha value is -2.52. The number of para-hydroxylation sites is 1. The van der Waals surface area contributed by atoms with Crippen LogP contribution in [0.15, 0.2) is 71.1 Å². The van der Waals surface area contributed by atoms with E-state index in [0.717, 1.165) is 16.9 Å². The highest BCUT2D eigenvalue weighted by Gasteiger charge is 2.07. The van der Waals surface area contributed by atoms with E-state index in [9.17, 15) is 0 Å². The van der Waals surface area contributed by atoms with Gasteiger partial charge in [0, 0.05) is 5.56 Å². The minimum Gasteiger partial charge on any atom is -0.485 e. The average molecular weight is 280 g/mol. The molecule has 0 saturated heterocycles. The molecule has 1 N–H and O–H groups in total. The lowest BCUT2D eigenvalue weighted by Gasteiger charge is -2.10. The average Bonchev–Trinajstić information content (AvgIpc) is 3.02. The number of rotatable bonds is 5. The van der Waals surface area contributed by atoms with Crippen LogP contribution in [0.25, 0.3) is 11.1 Å². The lowest BCUT2D eigenvalue weighted by molar-refractivity contribution is 0.225. The summed E-state index contributed by atoms with van der Waals surface area (Å²) < 4.78 is 11.3. The van der Waals surface area contributed by atoms with Crippen molar-refractivity contribution in [2.75, 3.05) is 0 Å². The van der Waals surface area contributed by atoms with Crippen molar-refractivity contribution in [1.82, 2.24) is 0 Å². The first-order chi connectivity index (χ1) is 10.4. The third-order valence-electron chi connectivity index (χ3n) is 3.21. The number of hydrogen-bond acceptors (Lipinski definition) is 3. The monoisotopic (exact) mass is 280 g/mol. The van der Waals surface area contributed by atoms with Crippen LogP contribution in [-0.4, -0.2) is 5.11 Å². The molecule has 0 bridgehead atoms. The van der Waals surface area contributed by atoms with Crippen molar-refractivity contribution in [3.63, 3.8) is 0 Å². The van der Waals surface area contributed by atoms with E-state index in [2.05, 4.69) is 12.1 Å². The number of aliphatic hydroxyl groups excluding tert-OH is 1. The highest BCUT2D eigenvalue weighted by molar-refractivity contribution is 5.70. The standard InChI is InChI=1S/C18H16O3/c19-12-15-10-11-16(21-15)13-20-18-9-5-4-8-17(18)14-6-2-1-3-7-14/h1-11,19H,12-13H2. The van der Waals surface area contributed by atoms with Crippen LogP contribution in [-0.2, 0) is 13.2 Å². The summed E-state index contributed by atoms with van der Waals surface area (Å²) in [6.45, 7) is 0.241. The Balaban J connectivity index is 1.79. The van der Waals surface area contributed by atoms with Gasteiger partial charge in [0.2, 0.25) is 0 Å². The molecule has 0 atom stereocenters. The Morgan fingerprint density at radius 1 is 0.810 bits per heavy atom. The van der Waals surface area contributed by atoms with Crippen molar-refractivity contribution >= 4 is 0 Å². The van der Waals surface area contributed by atoms with Gasteiger partial charge in [-0.3, -0.25) is 0 Å². The highest BCUT2D eigenvalue weighted by Crippen LogP contribution is 2.30. The molecule has 0 saturated carbocycles. The van der Waals surface area contributed by atoms with Gasteiger partial charge in [-0.2, -0.15) is 0 Å². The molecule has 0 radical (unpaired) electrons. The zero-order valence-electron chi connectivity index (χ0n) is 11.5. The number of ether oxygens (including phenoxy) is 1. The van der Waals surface area contributed by atoms with Crippen molar-refractivity contribution in [2.24, 2.45) is 0 Å². The second-order valence-corrected chi connectivity index (χ2v) is 4.68. The van der Waals surface area contributed by atoms with E-state index in [-0.39, 0.29) is 6.61 Å². The fraction of sp³-hybridized carbons (Fsp3) is 0.111. The molecule has 2 aromatic carbocycles. The predicted octanol–water partition coefficient (Wildman–Crippen LogP) is 4.02. The van der Waals surface area contributed by atoms with Gasteiger partial charge in [-0.25, -0.2) is 0 Å². The summed E-state index contributed by atoms with van der Waals surface area (Å²) in [5.41, 5.74) is 2.16. The normalized spacial score (nSPS) is 10.5. The molecule has 3 nitrogen and oxygen atoms in total. The molecule has 21 heavy (non-hydrogen) atoms. The molecule has 3 heteroatoms. The summed E-state index contributed by atoms with van der Waals surface area (Å²) in [5, 5.41) is 8.99. The van der Waals surface area contributed by atoms with Crippen LogP contribution < -0.4 is 4.74 Å². The second-order valence-electron chi connectivity index (χ2n) is 4.68. The molecule has 0 unspecified atom stereocenters. The van der Waals surface area contributed by atoms with E-state index in [4.69, 9.17) is 14.3 Å². The van der Waals surface area contributed by atoms with E-state index < -0.39 is 0 Å². The molecule has 0 aliphatic rings. The molecule has 3 aromatic rings. The summed E-state index contributed by atoms with van der Waals surface area (Å²) in [4.78, 5) is 0. The lowest BCUT2D eigenvalue weighted by atomic mass is 10.1. The van der Waals surface area contributed by atoms with E-state index >= 15 is 0 Å². The van der Waals surface area contributed by atoms with E-state index in [1.807, 2.05) is 48.5 Å². The van der Waals surface area contributed by atoms with Gasteiger partial charge in [-0.1, -0.05) is 48.5 Å². The third-order valence-corrected chi connectivity index (χ3v) is 3.21. The molecule has 0 aliphatic carbocycles. The number of aliphatic hydroxyl groups is 1. The Labute approximate surface area is 123 Å². The number of benzene rings is 2. The SMILES string of the molecule is OCc1ccc(COc2ccccc2-c2ccccc2)o1. The number of furan rings is 1. The molecule has 0 fully saturated rings. The van der Waals surface area contributed by atoms with Gasteiger partial charge in [0.25, 0.3) is 0 Å². The first-order valence-electron chi connectivity index (χ1n) is 6.82. The molecule has 0 aliphatic heterocycles. The summed E-state index contributed by atoms with van der Waals surface area (Å²) in [5.74, 6) is 2.05. The molecule has 106 valence electrons. The van der Waals surface area contributed by atoms with Gasteiger partial charge in [0.15, 0.2) is 0 Å². The summed E-state index contributed by atoms with van der Waals surface area (Å²) in [6, 6.07) is 21.6. The topological polar surface area (TPSA) is 42.6 Å². The van der Waals surface area contributed by atoms with Crippen molar-refractivity contribution in [3.05, 3.63) is 78.3 Å². The van der Waals surface area contributed by atoms with Crippen LogP contribution in [0.4, 0.5) is 0 Å². The first-order valence-corrected chi connectivity index (χ1v) is 6.82. The zero-order valence-corrected chi connectivity index (χ0v) is 11.5. The Morgan fingerprint density at radius 2 is 1.52 bits per heavy atom. The number of hydrogen-bond donors (Lipinski definition) is 1. The highest BCUT2D eigenvalue weighted by atomic mass is 16.5. The van der Waals surface area contributed by atoms with Gasteiger partial charge in [-0.05, 0) is 23.8 Å². The van der Waals surface area contributed by atoms with E-state index in [1.54, 1.807) is 6.07 Å². The van der Waals surface area contributed by atoms with Gasteiger partial charge in [-0.15, -0.1) is 0 Å². The third kappa shape index (κ3) is 3.15. The van der Waals surface area contributed by atoms with Gasteiger partial charge in [0.1, 0.15) is 30.5 Å². The molecule has 0 amide bonds. The maximum absolute atomic E-state index is 8.99. The van der Waals surface area contributed by atoms with Crippen LogP contribution in [0.3, 0.4) is 0 Å². The van der Waals surface area contributed by atoms with Crippen molar-refractivity contribution in [3.8, 4) is 16.9 Å². The predicted molar refractivity (Wildman–Crippen MR) is 80.8 cm³/mol. The largest absolute Gasteiger partial charge is 0.485 e. The molecular weight excluding hydrogens is 264 g/mol. The maximum Gasteiger partial charge on any atom is 0.146 e. The minimum atomic E-state index is -0.0966. The van der Waals surface area contributed by atoms with Gasteiger partial charge < -0.3 is 14.3 Å². The minimum absolute atomic E-state index is 0.0966. The molecule has 1 heterocycles. The van der Waals surface area contributed by atoms with Gasteiger partial charge in [0.05, 0.1) is 0 Å². The molecule has 1 aromatic heterocycles. The van der Waals surface area contributed by atoms with Crippen molar-refractivity contribution in [2.45, 2.75) is 13.2 Å². The fourth-order valence-corrected chi connectivity index (χ4v) is 2.18. The molecule has 0 spiro atoms. The summed E-state index contributed by atoms with van der Waals surface area (Å²) >= 11 is 0. The summed E-state index contributed by atoms with van der Waals surface area (Å²) in [7, 11) is 0. The molecular formula is C18H16O3. The zero-order chi connectivity index (χ0) is 14.5. The Kier molecular flexibility index (Phi) is 4.03. The van der Waals surface area contributed by atoms with Crippen LogP contribution in [0, 0.1) is 0 Å². The maximum atomic E-state index is 8.99. The van der Waals surface area contributed by atoms with Crippen molar-refractivity contribution < 1.29 is 14.3 Å². The quantitative estimate of drug-likeness (QED) is 0.767.